The second-order valence-corrected chi connectivity index (χ2v) is 2.87. The molecule has 2 atom stereocenters. The summed E-state index contributed by atoms with van der Waals surface area (Å²) in [5.41, 5.74) is 11.1. The van der Waals surface area contributed by atoms with Crippen molar-refractivity contribution in [3.8, 4) is 0 Å². The van der Waals surface area contributed by atoms with Gasteiger partial charge in [0.25, 0.3) is 0 Å². The molecule has 0 rings (SSSR count). The van der Waals surface area contributed by atoms with Gasteiger partial charge in [-0.3, -0.25) is 4.79 Å². The molecule has 4 nitrogen and oxygen atoms in total. The molecule has 0 spiro atoms. The third kappa shape index (κ3) is 2.86. The monoisotopic (exact) mass is 160 g/mol. The molecule has 4 N–H and O–H groups in total. The fourth-order valence-electron chi connectivity index (χ4n) is 0.708. The number of hydrogen-bond acceptors (Lipinski definition) is 4. The Labute approximate surface area is 66.9 Å². The third-order valence-electron chi connectivity index (χ3n) is 1.66. The number of carbonyl (C=O) groups is 1. The van der Waals surface area contributed by atoms with Gasteiger partial charge in [0.1, 0.15) is 6.04 Å². The van der Waals surface area contributed by atoms with Gasteiger partial charge in [-0.1, -0.05) is 13.8 Å². The molecule has 11 heavy (non-hydrogen) atoms. The maximum Gasteiger partial charge on any atom is 0.324 e. The van der Waals surface area contributed by atoms with Crippen molar-refractivity contribution in [2.24, 2.45) is 17.4 Å². The van der Waals surface area contributed by atoms with Crippen LogP contribution in [0.4, 0.5) is 0 Å². The van der Waals surface area contributed by atoms with E-state index in [4.69, 9.17) is 11.5 Å². The van der Waals surface area contributed by atoms with E-state index in [1.807, 2.05) is 13.8 Å². The van der Waals surface area contributed by atoms with Crippen molar-refractivity contribution in [3.05, 3.63) is 0 Å². The zero-order valence-electron chi connectivity index (χ0n) is 7.20. The van der Waals surface area contributed by atoms with Crippen LogP contribution in [0.3, 0.4) is 0 Å². The molecule has 0 aliphatic heterocycles. The summed E-state index contributed by atoms with van der Waals surface area (Å²) in [6.45, 7) is 3.82. The zero-order valence-corrected chi connectivity index (χ0v) is 7.20. The lowest BCUT2D eigenvalue weighted by atomic mass is 9.98. The average molecular weight is 160 g/mol. The van der Waals surface area contributed by atoms with Gasteiger partial charge in [-0.25, -0.2) is 0 Å². The molecule has 0 saturated carbocycles. The average Bonchev–Trinajstić information content (AvgIpc) is 2.00. The van der Waals surface area contributed by atoms with Crippen LogP contribution in [0.2, 0.25) is 0 Å². The second-order valence-electron chi connectivity index (χ2n) is 2.87. The molecule has 0 aromatic carbocycles. The lowest BCUT2D eigenvalue weighted by Gasteiger charge is -2.20. The van der Waals surface area contributed by atoms with Crippen molar-refractivity contribution >= 4 is 5.97 Å². The van der Waals surface area contributed by atoms with Crippen LogP contribution in [0.1, 0.15) is 13.8 Å². The van der Waals surface area contributed by atoms with Crippen LogP contribution in [-0.2, 0) is 9.53 Å². The maximum absolute atomic E-state index is 10.8. The lowest BCUT2D eigenvalue weighted by Crippen LogP contribution is -2.50. The zero-order chi connectivity index (χ0) is 9.02. The van der Waals surface area contributed by atoms with Crippen LogP contribution in [-0.4, -0.2) is 25.2 Å². The van der Waals surface area contributed by atoms with Crippen LogP contribution in [0.25, 0.3) is 0 Å². The molecule has 0 saturated heterocycles. The number of hydrogen-bond donors (Lipinski definition) is 2. The highest BCUT2D eigenvalue weighted by Gasteiger charge is 2.23. The van der Waals surface area contributed by atoms with Crippen LogP contribution < -0.4 is 11.5 Å². The summed E-state index contributed by atoms with van der Waals surface area (Å²) in [6, 6.07) is -1.04. The standard InChI is InChI=1S/C7H16N2O2/c1-4(2)5(8)6(9)7(10)11-3/h4-6H,8-9H2,1-3H3/t5?,6-/m0/s1. The molecule has 0 aromatic heterocycles. The Morgan fingerprint density at radius 1 is 1.36 bits per heavy atom. The molecule has 0 aromatic rings. The number of methoxy groups -OCH3 is 1. The van der Waals surface area contributed by atoms with Crippen LogP contribution in [0.15, 0.2) is 0 Å². The van der Waals surface area contributed by atoms with Gasteiger partial charge >= 0.3 is 5.97 Å². The van der Waals surface area contributed by atoms with Crippen molar-refractivity contribution in [1.29, 1.82) is 0 Å². The number of nitrogens with two attached hydrogens (primary N) is 2. The van der Waals surface area contributed by atoms with Gasteiger partial charge in [0.15, 0.2) is 0 Å². The van der Waals surface area contributed by atoms with Crippen LogP contribution in [0.5, 0.6) is 0 Å². The summed E-state index contributed by atoms with van der Waals surface area (Å²) in [6.07, 6.45) is 0. The van der Waals surface area contributed by atoms with Gasteiger partial charge in [0.05, 0.1) is 7.11 Å². The molecule has 0 bridgehead atoms. The lowest BCUT2D eigenvalue weighted by molar-refractivity contribution is -0.142. The SMILES string of the molecule is COC(=O)[C@@H](N)C(N)C(C)C. The minimum absolute atomic E-state index is 0.184. The van der Waals surface area contributed by atoms with Gasteiger partial charge in [-0.15, -0.1) is 0 Å². The molecule has 0 heterocycles. The summed E-state index contributed by atoms with van der Waals surface area (Å²) in [5, 5.41) is 0. The maximum atomic E-state index is 10.8. The van der Waals surface area contributed by atoms with Gasteiger partial charge in [0, 0.05) is 6.04 Å². The molecule has 4 heteroatoms. The number of esters is 1. The minimum Gasteiger partial charge on any atom is -0.468 e. The van der Waals surface area contributed by atoms with Gasteiger partial charge in [-0.2, -0.15) is 0 Å². The Kier molecular flexibility index (Phi) is 4.07. The largest absolute Gasteiger partial charge is 0.468 e. The third-order valence-corrected chi connectivity index (χ3v) is 1.66. The van der Waals surface area contributed by atoms with E-state index in [1.54, 1.807) is 0 Å². The summed E-state index contributed by atoms with van der Waals surface area (Å²) in [4.78, 5) is 10.8. The van der Waals surface area contributed by atoms with Crippen molar-refractivity contribution in [3.63, 3.8) is 0 Å². The molecular weight excluding hydrogens is 144 g/mol. The quantitative estimate of drug-likeness (QED) is 0.544. The minimum atomic E-state index is -0.708. The smallest absolute Gasteiger partial charge is 0.324 e. The Morgan fingerprint density at radius 2 is 1.82 bits per heavy atom. The number of ether oxygens (including phenoxy) is 1. The number of carbonyl (C=O) groups excluding carboxylic acids is 1. The van der Waals surface area contributed by atoms with E-state index in [2.05, 4.69) is 4.74 Å². The van der Waals surface area contributed by atoms with Crippen molar-refractivity contribution in [1.82, 2.24) is 0 Å². The first kappa shape index (κ1) is 10.4. The molecule has 0 fully saturated rings. The molecule has 66 valence electrons. The highest BCUT2D eigenvalue weighted by atomic mass is 16.5. The molecule has 0 amide bonds. The fraction of sp³-hybridized carbons (Fsp3) is 0.857. The Bertz CT molecular complexity index is 136. The first-order chi connectivity index (χ1) is 5.00. The summed E-state index contributed by atoms with van der Waals surface area (Å²) < 4.78 is 4.44. The van der Waals surface area contributed by atoms with E-state index in [1.165, 1.54) is 7.11 Å². The topological polar surface area (TPSA) is 78.3 Å². The first-order valence-electron chi connectivity index (χ1n) is 3.59. The first-order valence-corrected chi connectivity index (χ1v) is 3.59. The fourth-order valence-corrected chi connectivity index (χ4v) is 0.708. The van der Waals surface area contributed by atoms with Crippen molar-refractivity contribution in [2.45, 2.75) is 25.9 Å². The van der Waals surface area contributed by atoms with Gasteiger partial charge in [0.2, 0.25) is 0 Å². The van der Waals surface area contributed by atoms with Crippen LogP contribution in [0, 0.1) is 5.92 Å². The molecule has 0 aliphatic carbocycles. The predicted octanol–water partition coefficient (Wildman–Crippen LogP) is -0.530. The Hall–Kier alpha value is -0.610. The highest BCUT2D eigenvalue weighted by Crippen LogP contribution is 2.02. The van der Waals surface area contributed by atoms with E-state index >= 15 is 0 Å². The van der Waals surface area contributed by atoms with E-state index in [9.17, 15) is 4.79 Å². The normalized spacial score (nSPS) is 16.2. The van der Waals surface area contributed by atoms with E-state index in [0.29, 0.717) is 0 Å². The van der Waals surface area contributed by atoms with Crippen molar-refractivity contribution < 1.29 is 9.53 Å². The van der Waals surface area contributed by atoms with Gasteiger partial charge < -0.3 is 16.2 Å². The Balaban J connectivity index is 4.01. The Morgan fingerprint density at radius 3 is 2.09 bits per heavy atom. The van der Waals surface area contributed by atoms with E-state index < -0.39 is 12.0 Å². The molecule has 0 aliphatic rings. The van der Waals surface area contributed by atoms with Crippen LogP contribution >= 0.6 is 0 Å². The molecule has 0 radical (unpaired) electrons. The number of rotatable bonds is 3. The van der Waals surface area contributed by atoms with Crippen molar-refractivity contribution in [2.75, 3.05) is 7.11 Å². The summed E-state index contributed by atoms with van der Waals surface area (Å²) >= 11 is 0. The summed E-state index contributed by atoms with van der Waals surface area (Å²) in [7, 11) is 1.30. The second kappa shape index (κ2) is 4.31. The highest BCUT2D eigenvalue weighted by molar-refractivity contribution is 5.76. The van der Waals surface area contributed by atoms with E-state index in [0.717, 1.165) is 0 Å². The molecular formula is C7H16N2O2. The summed E-state index contributed by atoms with van der Waals surface area (Å²) in [5.74, 6) is -0.268. The van der Waals surface area contributed by atoms with E-state index in [-0.39, 0.29) is 12.0 Å². The van der Waals surface area contributed by atoms with Gasteiger partial charge in [-0.05, 0) is 5.92 Å². The predicted molar refractivity (Wildman–Crippen MR) is 42.8 cm³/mol. The molecule has 1 unspecified atom stereocenters.